The van der Waals surface area contributed by atoms with Gasteiger partial charge in [0.15, 0.2) is 0 Å². The predicted molar refractivity (Wildman–Crippen MR) is 147 cm³/mol. The van der Waals surface area contributed by atoms with E-state index in [0.29, 0.717) is 48.8 Å². The third-order valence-electron chi connectivity index (χ3n) is 6.62. The summed E-state index contributed by atoms with van der Waals surface area (Å²) >= 11 is 0. The van der Waals surface area contributed by atoms with Crippen LogP contribution in [-0.4, -0.2) is 54.7 Å². The number of ether oxygens (including phenoxy) is 1. The van der Waals surface area contributed by atoms with Crippen molar-refractivity contribution in [3.8, 4) is 16.9 Å². The molecule has 38 heavy (non-hydrogen) atoms. The fourth-order valence-electron chi connectivity index (χ4n) is 4.37. The van der Waals surface area contributed by atoms with Crippen LogP contribution in [0, 0.1) is 20.8 Å². The summed E-state index contributed by atoms with van der Waals surface area (Å²) in [5.74, 6) is -0.377. The SMILES string of the molecule is Cc1ccc(-c2nn(-c3ccc(C)cc3)cc2C(=O)Nc2ccc(C)c(S(=O)(=O)N3CCOCC3)c2)cc1. The second-order valence-corrected chi connectivity index (χ2v) is 11.4. The van der Waals surface area contributed by atoms with Crippen LogP contribution in [0.5, 0.6) is 0 Å². The fourth-order valence-corrected chi connectivity index (χ4v) is 6.03. The van der Waals surface area contributed by atoms with Crippen LogP contribution in [0.2, 0.25) is 0 Å². The zero-order valence-corrected chi connectivity index (χ0v) is 22.5. The van der Waals surface area contributed by atoms with Gasteiger partial charge in [-0.1, -0.05) is 53.6 Å². The first-order valence-electron chi connectivity index (χ1n) is 12.5. The van der Waals surface area contributed by atoms with Crippen molar-refractivity contribution in [2.24, 2.45) is 0 Å². The van der Waals surface area contributed by atoms with Gasteiger partial charge in [0.1, 0.15) is 5.69 Å². The van der Waals surface area contributed by atoms with E-state index in [9.17, 15) is 13.2 Å². The normalized spacial score (nSPS) is 14.4. The van der Waals surface area contributed by atoms with E-state index in [-0.39, 0.29) is 10.8 Å². The Morgan fingerprint density at radius 1 is 0.895 bits per heavy atom. The summed E-state index contributed by atoms with van der Waals surface area (Å²) in [6.07, 6.45) is 1.70. The minimum absolute atomic E-state index is 0.173. The molecule has 1 aromatic heterocycles. The molecule has 1 fully saturated rings. The van der Waals surface area contributed by atoms with Gasteiger partial charge in [0, 0.05) is 30.5 Å². The Hall–Kier alpha value is -3.79. The Kier molecular flexibility index (Phi) is 7.16. The maximum Gasteiger partial charge on any atom is 0.259 e. The fraction of sp³-hybridized carbons (Fsp3) is 0.241. The first kappa shape index (κ1) is 25.8. The minimum Gasteiger partial charge on any atom is -0.379 e. The van der Waals surface area contributed by atoms with E-state index in [0.717, 1.165) is 22.4 Å². The zero-order chi connectivity index (χ0) is 26.9. The molecule has 0 aliphatic carbocycles. The molecular formula is C29H30N4O4S. The van der Waals surface area contributed by atoms with Crippen molar-refractivity contribution in [3.63, 3.8) is 0 Å². The number of aryl methyl sites for hydroxylation is 3. The lowest BCUT2D eigenvalue weighted by atomic mass is 10.1. The molecule has 1 N–H and O–H groups in total. The first-order chi connectivity index (χ1) is 18.2. The maximum absolute atomic E-state index is 13.6. The summed E-state index contributed by atoms with van der Waals surface area (Å²) in [4.78, 5) is 13.8. The molecule has 0 saturated carbocycles. The van der Waals surface area contributed by atoms with Crippen LogP contribution in [0.25, 0.3) is 16.9 Å². The molecule has 0 spiro atoms. The number of nitrogens with zero attached hydrogens (tertiary/aromatic N) is 3. The summed E-state index contributed by atoms with van der Waals surface area (Å²) in [6.45, 7) is 7.09. The maximum atomic E-state index is 13.6. The van der Waals surface area contributed by atoms with Gasteiger partial charge in [-0.15, -0.1) is 0 Å². The summed E-state index contributed by atoms with van der Waals surface area (Å²) in [5.41, 5.74) is 5.80. The van der Waals surface area contributed by atoms with E-state index in [1.807, 2.05) is 62.4 Å². The van der Waals surface area contributed by atoms with Crippen molar-refractivity contribution < 1.29 is 17.9 Å². The van der Waals surface area contributed by atoms with E-state index < -0.39 is 10.0 Å². The van der Waals surface area contributed by atoms with Crippen LogP contribution < -0.4 is 5.32 Å². The topological polar surface area (TPSA) is 93.5 Å². The van der Waals surface area contributed by atoms with Crippen molar-refractivity contribution in [1.29, 1.82) is 0 Å². The lowest BCUT2D eigenvalue weighted by Crippen LogP contribution is -2.40. The molecule has 8 nitrogen and oxygen atoms in total. The number of carbonyl (C=O) groups excluding carboxylic acids is 1. The molecular weight excluding hydrogens is 500 g/mol. The number of hydrogen-bond donors (Lipinski definition) is 1. The molecule has 5 rings (SSSR count). The number of morpholine rings is 1. The third-order valence-corrected chi connectivity index (χ3v) is 8.66. The van der Waals surface area contributed by atoms with Crippen LogP contribution in [0.3, 0.4) is 0 Å². The molecule has 1 aliphatic rings. The monoisotopic (exact) mass is 530 g/mol. The molecule has 0 unspecified atom stereocenters. The Bertz CT molecular complexity index is 1570. The van der Waals surface area contributed by atoms with Crippen LogP contribution in [0.1, 0.15) is 27.0 Å². The highest BCUT2D eigenvalue weighted by Gasteiger charge is 2.28. The summed E-state index contributed by atoms with van der Waals surface area (Å²) in [7, 11) is -3.72. The summed E-state index contributed by atoms with van der Waals surface area (Å²) < 4.78 is 35.0. The largest absolute Gasteiger partial charge is 0.379 e. The first-order valence-corrected chi connectivity index (χ1v) is 13.9. The van der Waals surface area contributed by atoms with Crippen LogP contribution in [0.4, 0.5) is 5.69 Å². The van der Waals surface area contributed by atoms with Crippen molar-refractivity contribution in [2.45, 2.75) is 25.7 Å². The van der Waals surface area contributed by atoms with E-state index >= 15 is 0 Å². The number of nitrogens with one attached hydrogen (secondary N) is 1. The number of sulfonamides is 1. The molecule has 1 aliphatic heterocycles. The number of amides is 1. The smallest absolute Gasteiger partial charge is 0.259 e. The summed E-state index contributed by atoms with van der Waals surface area (Å²) in [5, 5.41) is 7.64. The number of rotatable bonds is 6. The van der Waals surface area contributed by atoms with Crippen molar-refractivity contribution in [3.05, 3.63) is 95.2 Å². The van der Waals surface area contributed by atoms with E-state index in [2.05, 4.69) is 5.32 Å². The highest BCUT2D eigenvalue weighted by molar-refractivity contribution is 7.89. The number of aromatic nitrogens is 2. The number of carbonyl (C=O) groups is 1. The Labute approximate surface area is 222 Å². The second-order valence-electron chi connectivity index (χ2n) is 9.49. The van der Waals surface area contributed by atoms with Gasteiger partial charge < -0.3 is 10.1 Å². The van der Waals surface area contributed by atoms with Crippen molar-refractivity contribution in [1.82, 2.24) is 14.1 Å². The number of benzene rings is 3. The quantitative estimate of drug-likeness (QED) is 0.389. The van der Waals surface area contributed by atoms with Gasteiger partial charge in [0.25, 0.3) is 5.91 Å². The van der Waals surface area contributed by atoms with E-state index in [4.69, 9.17) is 9.84 Å². The lowest BCUT2D eigenvalue weighted by molar-refractivity contribution is 0.0730. The van der Waals surface area contributed by atoms with Gasteiger partial charge in [-0.3, -0.25) is 4.79 Å². The van der Waals surface area contributed by atoms with Gasteiger partial charge in [0.05, 0.1) is 29.4 Å². The Balaban J connectivity index is 1.50. The molecule has 9 heteroatoms. The van der Waals surface area contributed by atoms with E-state index in [1.54, 1.807) is 29.9 Å². The molecule has 3 aromatic carbocycles. The Morgan fingerprint density at radius 3 is 2.18 bits per heavy atom. The highest BCUT2D eigenvalue weighted by atomic mass is 32.2. The predicted octanol–water partition coefficient (Wildman–Crippen LogP) is 4.74. The van der Waals surface area contributed by atoms with Crippen molar-refractivity contribution in [2.75, 3.05) is 31.6 Å². The highest BCUT2D eigenvalue weighted by Crippen LogP contribution is 2.28. The van der Waals surface area contributed by atoms with Gasteiger partial charge in [-0.2, -0.15) is 9.40 Å². The standard InChI is InChI=1S/C29H30N4O4S/c1-20-4-9-23(10-5-20)28-26(19-33(31-28)25-12-6-21(2)7-13-25)29(34)30-24-11-8-22(3)27(18-24)38(35,36)32-14-16-37-17-15-32/h4-13,18-19H,14-17H2,1-3H3,(H,30,34). The molecule has 0 atom stereocenters. The molecule has 4 aromatic rings. The number of anilines is 1. The molecule has 2 heterocycles. The molecule has 1 amide bonds. The molecule has 0 bridgehead atoms. The average Bonchev–Trinajstić information content (AvgIpc) is 3.37. The van der Waals surface area contributed by atoms with Crippen LogP contribution >= 0.6 is 0 Å². The van der Waals surface area contributed by atoms with Gasteiger partial charge in [0.2, 0.25) is 10.0 Å². The van der Waals surface area contributed by atoms with Crippen molar-refractivity contribution >= 4 is 21.6 Å². The number of hydrogen-bond acceptors (Lipinski definition) is 5. The second kappa shape index (κ2) is 10.5. The van der Waals surface area contributed by atoms with Gasteiger partial charge in [-0.25, -0.2) is 13.1 Å². The molecule has 196 valence electrons. The lowest BCUT2D eigenvalue weighted by Gasteiger charge is -2.26. The summed E-state index contributed by atoms with van der Waals surface area (Å²) in [6, 6.07) is 20.7. The Morgan fingerprint density at radius 2 is 1.53 bits per heavy atom. The van der Waals surface area contributed by atoms with E-state index in [1.165, 1.54) is 10.4 Å². The van der Waals surface area contributed by atoms with Crippen LogP contribution in [-0.2, 0) is 14.8 Å². The van der Waals surface area contributed by atoms with Gasteiger partial charge in [-0.05, 0) is 50.6 Å². The van der Waals surface area contributed by atoms with Crippen LogP contribution in [0.15, 0.2) is 77.8 Å². The van der Waals surface area contributed by atoms with Gasteiger partial charge >= 0.3 is 0 Å². The third kappa shape index (κ3) is 5.26. The molecule has 0 radical (unpaired) electrons. The average molecular weight is 531 g/mol. The minimum atomic E-state index is -3.72. The molecule has 1 saturated heterocycles. The zero-order valence-electron chi connectivity index (χ0n) is 21.6.